The summed E-state index contributed by atoms with van der Waals surface area (Å²) in [6.45, 7) is 17.4. The lowest BCUT2D eigenvalue weighted by Gasteiger charge is -2.36. The van der Waals surface area contributed by atoms with Gasteiger partial charge in [-0.25, -0.2) is 4.79 Å². The van der Waals surface area contributed by atoms with Crippen molar-refractivity contribution in [2.24, 2.45) is 0 Å². The lowest BCUT2D eigenvalue weighted by molar-refractivity contribution is 0.0497. The fourth-order valence-electron chi connectivity index (χ4n) is 2.11. The fourth-order valence-corrected chi connectivity index (χ4v) is 3.17. The van der Waals surface area contributed by atoms with Gasteiger partial charge in [0.15, 0.2) is 8.32 Å². The fraction of sp³-hybridized carbons (Fsp3) is 0.650. The summed E-state index contributed by atoms with van der Waals surface area (Å²) in [5.41, 5.74) is 0.551. The molecule has 1 N–H and O–H groups in total. The maximum absolute atomic E-state index is 12.2. The summed E-state index contributed by atoms with van der Waals surface area (Å²) in [6.07, 6.45) is 0.323. The molecular weight excluding hydrogens is 330 g/mol. The number of amides is 1. The van der Waals surface area contributed by atoms with Crippen LogP contribution in [0, 0.1) is 0 Å². The Labute approximate surface area is 154 Å². The van der Waals surface area contributed by atoms with E-state index in [1.807, 2.05) is 51.1 Å². The van der Waals surface area contributed by atoms with Gasteiger partial charge in [0.1, 0.15) is 5.60 Å². The van der Waals surface area contributed by atoms with Crippen LogP contribution in [0.5, 0.6) is 0 Å². The Morgan fingerprint density at radius 2 is 1.64 bits per heavy atom. The van der Waals surface area contributed by atoms with E-state index in [4.69, 9.17) is 9.16 Å². The topological polar surface area (TPSA) is 47.6 Å². The van der Waals surface area contributed by atoms with Crippen LogP contribution >= 0.6 is 0 Å². The van der Waals surface area contributed by atoms with E-state index in [0.29, 0.717) is 6.61 Å². The van der Waals surface area contributed by atoms with Gasteiger partial charge in [0.05, 0.1) is 6.04 Å². The van der Waals surface area contributed by atoms with E-state index in [9.17, 15) is 4.79 Å². The highest BCUT2D eigenvalue weighted by atomic mass is 28.4. The van der Waals surface area contributed by atoms with E-state index in [1.54, 1.807) is 0 Å². The molecule has 0 aromatic heterocycles. The van der Waals surface area contributed by atoms with E-state index in [2.05, 4.69) is 39.2 Å². The molecule has 142 valence electrons. The average Bonchev–Trinajstić information content (AvgIpc) is 2.44. The van der Waals surface area contributed by atoms with E-state index >= 15 is 0 Å². The van der Waals surface area contributed by atoms with Gasteiger partial charge in [0, 0.05) is 6.61 Å². The molecule has 0 bridgehead atoms. The summed E-state index contributed by atoms with van der Waals surface area (Å²) < 4.78 is 11.7. The third kappa shape index (κ3) is 7.61. The monoisotopic (exact) mass is 365 g/mol. The molecule has 0 aliphatic heterocycles. The Bertz CT molecular complexity index is 544. The second-order valence-corrected chi connectivity index (χ2v) is 13.8. The number of carbonyl (C=O) groups is 1. The smallest absolute Gasteiger partial charge is 0.408 e. The highest BCUT2D eigenvalue weighted by Gasteiger charge is 2.37. The van der Waals surface area contributed by atoms with Gasteiger partial charge in [-0.3, -0.25) is 0 Å². The number of nitrogens with one attached hydrogen (secondary N) is 1. The Morgan fingerprint density at radius 1 is 1.08 bits per heavy atom. The number of alkyl carbamates (subject to hydrolysis) is 1. The summed E-state index contributed by atoms with van der Waals surface area (Å²) in [4.78, 5) is 12.2. The minimum atomic E-state index is -1.79. The molecule has 0 unspecified atom stereocenters. The molecule has 0 saturated carbocycles. The molecule has 5 heteroatoms. The van der Waals surface area contributed by atoms with Crippen molar-refractivity contribution in [3.8, 4) is 0 Å². The third-order valence-electron chi connectivity index (χ3n) is 4.57. The zero-order valence-electron chi connectivity index (χ0n) is 17.1. The van der Waals surface area contributed by atoms with Gasteiger partial charge in [-0.2, -0.15) is 0 Å². The number of carbonyl (C=O) groups excluding carboxylic acids is 1. The van der Waals surface area contributed by atoms with Crippen molar-refractivity contribution in [3.63, 3.8) is 0 Å². The number of hydrogen-bond donors (Lipinski definition) is 1. The van der Waals surface area contributed by atoms with Crippen molar-refractivity contribution in [1.82, 2.24) is 5.32 Å². The first-order valence-electron chi connectivity index (χ1n) is 9.00. The number of rotatable bonds is 6. The van der Waals surface area contributed by atoms with E-state index < -0.39 is 20.0 Å². The summed E-state index contributed by atoms with van der Waals surface area (Å²) in [7, 11) is -1.79. The Balaban J connectivity index is 2.75. The van der Waals surface area contributed by atoms with E-state index in [0.717, 1.165) is 12.0 Å². The molecule has 0 spiro atoms. The van der Waals surface area contributed by atoms with Crippen LogP contribution in [0.4, 0.5) is 4.79 Å². The van der Waals surface area contributed by atoms with Gasteiger partial charge >= 0.3 is 6.09 Å². The summed E-state index contributed by atoms with van der Waals surface area (Å²) >= 11 is 0. The molecule has 0 radical (unpaired) electrons. The van der Waals surface area contributed by atoms with Gasteiger partial charge in [-0.15, -0.1) is 0 Å². The van der Waals surface area contributed by atoms with Crippen LogP contribution in [0.25, 0.3) is 0 Å². The third-order valence-corrected chi connectivity index (χ3v) is 9.11. The predicted molar refractivity (Wildman–Crippen MR) is 106 cm³/mol. The Hall–Kier alpha value is -1.33. The van der Waals surface area contributed by atoms with Crippen molar-refractivity contribution >= 4 is 14.4 Å². The van der Waals surface area contributed by atoms with Crippen molar-refractivity contribution in [2.45, 2.75) is 77.7 Å². The average molecular weight is 366 g/mol. The molecule has 1 rings (SSSR count). The van der Waals surface area contributed by atoms with Crippen LogP contribution < -0.4 is 5.32 Å². The number of ether oxygens (including phenoxy) is 1. The standard InChI is InChI=1S/C20H35NO3Si/c1-19(2,3)24-18(22)21-17(16-12-10-9-11-13-16)14-15-23-25(7,8)20(4,5)6/h9-13,17H,14-15H2,1-8H3,(H,21,22)/t17-/m0/s1. The van der Waals surface area contributed by atoms with Crippen LogP contribution in [-0.2, 0) is 9.16 Å². The molecular formula is C20H35NO3Si. The van der Waals surface area contributed by atoms with Crippen molar-refractivity contribution < 1.29 is 14.0 Å². The minimum Gasteiger partial charge on any atom is -0.444 e. The maximum Gasteiger partial charge on any atom is 0.408 e. The second-order valence-electron chi connectivity index (χ2n) is 9.01. The molecule has 1 aromatic carbocycles. The molecule has 0 aliphatic rings. The van der Waals surface area contributed by atoms with Gasteiger partial charge in [-0.05, 0) is 50.9 Å². The lowest BCUT2D eigenvalue weighted by atomic mass is 10.0. The molecule has 1 atom stereocenters. The zero-order valence-corrected chi connectivity index (χ0v) is 18.1. The maximum atomic E-state index is 12.2. The molecule has 0 aliphatic carbocycles. The first kappa shape index (κ1) is 21.7. The largest absolute Gasteiger partial charge is 0.444 e. The van der Waals surface area contributed by atoms with Crippen molar-refractivity contribution in [3.05, 3.63) is 35.9 Å². The Kier molecular flexibility index (Phi) is 7.26. The molecule has 1 amide bonds. The normalized spacial score (nSPS) is 14.1. The number of hydrogen-bond acceptors (Lipinski definition) is 3. The summed E-state index contributed by atoms with van der Waals surface area (Å²) in [5.74, 6) is 0. The zero-order chi connectivity index (χ0) is 19.3. The second kappa shape index (κ2) is 8.36. The van der Waals surface area contributed by atoms with Crippen molar-refractivity contribution in [1.29, 1.82) is 0 Å². The van der Waals surface area contributed by atoms with Crippen LogP contribution in [0.2, 0.25) is 18.1 Å². The van der Waals surface area contributed by atoms with Crippen LogP contribution in [0.3, 0.4) is 0 Å². The van der Waals surface area contributed by atoms with Gasteiger partial charge in [-0.1, -0.05) is 51.1 Å². The Morgan fingerprint density at radius 3 is 2.12 bits per heavy atom. The van der Waals surface area contributed by atoms with Gasteiger partial charge < -0.3 is 14.5 Å². The van der Waals surface area contributed by atoms with Crippen molar-refractivity contribution in [2.75, 3.05) is 6.61 Å². The predicted octanol–water partition coefficient (Wildman–Crippen LogP) is 5.66. The highest BCUT2D eigenvalue weighted by molar-refractivity contribution is 6.74. The first-order valence-corrected chi connectivity index (χ1v) is 11.9. The summed E-state index contributed by atoms with van der Waals surface area (Å²) in [5, 5.41) is 3.16. The quantitative estimate of drug-likeness (QED) is 0.661. The molecule has 0 heterocycles. The number of benzene rings is 1. The highest BCUT2D eigenvalue weighted by Crippen LogP contribution is 2.36. The van der Waals surface area contributed by atoms with Crippen LogP contribution in [-0.4, -0.2) is 26.6 Å². The van der Waals surface area contributed by atoms with Gasteiger partial charge in [0.25, 0.3) is 0 Å². The lowest BCUT2D eigenvalue weighted by Crippen LogP contribution is -2.41. The molecule has 25 heavy (non-hydrogen) atoms. The van der Waals surface area contributed by atoms with Crippen LogP contribution in [0.15, 0.2) is 30.3 Å². The molecule has 0 fully saturated rings. The molecule has 4 nitrogen and oxygen atoms in total. The van der Waals surface area contributed by atoms with Crippen LogP contribution in [0.1, 0.15) is 59.6 Å². The SMILES string of the molecule is CC(C)(C)OC(=O)N[C@@H](CCO[Si](C)(C)C(C)(C)C)c1ccccc1. The van der Waals surface area contributed by atoms with E-state index in [1.165, 1.54) is 0 Å². The van der Waals surface area contributed by atoms with E-state index in [-0.39, 0.29) is 11.1 Å². The molecule has 0 saturated heterocycles. The first-order chi connectivity index (χ1) is 11.3. The summed E-state index contributed by atoms with van der Waals surface area (Å²) in [6, 6.07) is 9.85. The van der Waals surface area contributed by atoms with Gasteiger partial charge in [0.2, 0.25) is 0 Å². The molecule has 1 aromatic rings. The minimum absolute atomic E-state index is 0.124.